The molecule has 9 heteroatoms. The van der Waals surface area contributed by atoms with Gasteiger partial charge in [-0.15, -0.1) is 0 Å². The number of aromatic nitrogens is 6. The van der Waals surface area contributed by atoms with Crippen LogP contribution in [0.5, 0.6) is 0 Å². The monoisotopic (exact) mass is 415 g/mol. The lowest BCUT2D eigenvalue weighted by molar-refractivity contribution is 0.870. The molecule has 0 fully saturated rings. The highest BCUT2D eigenvalue weighted by Gasteiger charge is 2.14. The van der Waals surface area contributed by atoms with Gasteiger partial charge in [0.25, 0.3) is 5.56 Å². The third-order valence-corrected chi connectivity index (χ3v) is 5.28. The van der Waals surface area contributed by atoms with E-state index in [1.54, 1.807) is 4.68 Å². The number of benzene rings is 2. The van der Waals surface area contributed by atoms with Crippen LogP contribution in [-0.2, 0) is 0 Å². The van der Waals surface area contributed by atoms with Crippen molar-refractivity contribution >= 4 is 39.5 Å². The summed E-state index contributed by atoms with van der Waals surface area (Å²) in [4.78, 5) is 29.3. The standard InChI is InChI=1S/C21H17N7OS/c1-2-22-17-14-10-6-7-11-16(14)24-20(25-17)30-21-26-18-15(19(29)27-21)12-23-28(18)13-8-4-3-5-9-13/h3-12H,2H2,1H3,(H,22,24,25)(H,26,27,29). The normalized spacial score (nSPS) is 11.2. The van der Waals surface area contributed by atoms with Crippen LogP contribution in [0.15, 0.2) is 75.9 Å². The molecule has 0 radical (unpaired) electrons. The summed E-state index contributed by atoms with van der Waals surface area (Å²) in [5.74, 6) is 0.753. The van der Waals surface area contributed by atoms with Gasteiger partial charge in [-0.2, -0.15) is 5.10 Å². The molecule has 2 N–H and O–H groups in total. The van der Waals surface area contributed by atoms with Crippen LogP contribution in [0, 0.1) is 0 Å². The number of fused-ring (bicyclic) bond motifs is 2. The summed E-state index contributed by atoms with van der Waals surface area (Å²) < 4.78 is 1.65. The number of nitrogens with zero attached hydrogens (tertiary/aromatic N) is 5. The zero-order valence-corrected chi connectivity index (χ0v) is 16.8. The molecule has 148 valence electrons. The molecule has 8 nitrogen and oxygen atoms in total. The fourth-order valence-corrected chi connectivity index (χ4v) is 3.92. The molecule has 0 spiro atoms. The lowest BCUT2D eigenvalue weighted by Gasteiger charge is -2.09. The van der Waals surface area contributed by atoms with E-state index in [2.05, 4.69) is 30.4 Å². The molecule has 0 aliphatic rings. The minimum atomic E-state index is -0.252. The van der Waals surface area contributed by atoms with Crippen molar-refractivity contribution in [3.63, 3.8) is 0 Å². The van der Waals surface area contributed by atoms with Crippen LogP contribution in [0.3, 0.4) is 0 Å². The SMILES string of the molecule is CCNc1nc(Sc2nc3c(cnn3-c3ccccc3)c(=O)[nH]2)nc2ccccc12. The molecule has 0 saturated heterocycles. The summed E-state index contributed by atoms with van der Waals surface area (Å²) in [6.07, 6.45) is 1.53. The number of nitrogens with one attached hydrogen (secondary N) is 2. The highest BCUT2D eigenvalue weighted by atomic mass is 32.2. The topological polar surface area (TPSA) is 101 Å². The molecular weight excluding hydrogens is 398 g/mol. The molecule has 30 heavy (non-hydrogen) atoms. The van der Waals surface area contributed by atoms with E-state index in [4.69, 9.17) is 0 Å². The Morgan fingerprint density at radius 3 is 2.63 bits per heavy atom. The molecule has 0 atom stereocenters. The van der Waals surface area contributed by atoms with Crippen molar-refractivity contribution in [2.75, 3.05) is 11.9 Å². The Balaban J connectivity index is 1.60. The van der Waals surface area contributed by atoms with E-state index in [1.807, 2.05) is 61.5 Å². The zero-order valence-electron chi connectivity index (χ0n) is 16.0. The van der Waals surface area contributed by atoms with Gasteiger partial charge in [-0.3, -0.25) is 4.79 Å². The Morgan fingerprint density at radius 1 is 1.00 bits per heavy atom. The van der Waals surface area contributed by atoms with Gasteiger partial charge in [0.15, 0.2) is 16.0 Å². The molecule has 3 heterocycles. The predicted octanol–water partition coefficient (Wildman–Crippen LogP) is 3.64. The van der Waals surface area contributed by atoms with E-state index in [0.29, 0.717) is 21.3 Å². The van der Waals surface area contributed by atoms with Gasteiger partial charge >= 0.3 is 0 Å². The fourth-order valence-electron chi connectivity index (χ4n) is 3.19. The lowest BCUT2D eigenvalue weighted by Crippen LogP contribution is -2.10. The van der Waals surface area contributed by atoms with Crippen molar-refractivity contribution in [2.45, 2.75) is 17.2 Å². The molecule has 0 aliphatic carbocycles. The summed E-state index contributed by atoms with van der Waals surface area (Å²) >= 11 is 1.21. The first kappa shape index (κ1) is 18.3. The van der Waals surface area contributed by atoms with Gasteiger partial charge in [-0.25, -0.2) is 19.6 Å². The van der Waals surface area contributed by atoms with Crippen LogP contribution < -0.4 is 10.9 Å². The maximum atomic E-state index is 12.6. The quantitative estimate of drug-likeness (QED) is 0.423. The summed E-state index contributed by atoms with van der Waals surface area (Å²) in [6.45, 7) is 2.75. The van der Waals surface area contributed by atoms with Crippen LogP contribution in [-0.4, -0.2) is 36.3 Å². The summed E-state index contributed by atoms with van der Waals surface area (Å²) in [6, 6.07) is 17.4. The number of hydrogen-bond acceptors (Lipinski definition) is 7. The maximum Gasteiger partial charge on any atom is 0.262 e. The van der Waals surface area contributed by atoms with E-state index >= 15 is 0 Å². The predicted molar refractivity (Wildman–Crippen MR) is 117 cm³/mol. The number of aromatic amines is 1. The van der Waals surface area contributed by atoms with Gasteiger partial charge in [0.05, 0.1) is 17.4 Å². The van der Waals surface area contributed by atoms with Crippen LogP contribution in [0.2, 0.25) is 0 Å². The van der Waals surface area contributed by atoms with Crippen molar-refractivity contribution in [2.24, 2.45) is 0 Å². The molecule has 5 rings (SSSR count). The number of rotatable bonds is 5. The van der Waals surface area contributed by atoms with Crippen molar-refractivity contribution in [1.82, 2.24) is 29.7 Å². The molecule has 0 bridgehead atoms. The Morgan fingerprint density at radius 2 is 1.80 bits per heavy atom. The van der Waals surface area contributed by atoms with Gasteiger partial charge in [0.2, 0.25) is 0 Å². The highest BCUT2D eigenvalue weighted by Crippen LogP contribution is 2.27. The smallest absolute Gasteiger partial charge is 0.262 e. The van der Waals surface area contributed by atoms with E-state index < -0.39 is 0 Å². The molecule has 0 unspecified atom stereocenters. The van der Waals surface area contributed by atoms with Crippen LogP contribution in [0.1, 0.15) is 6.92 Å². The Kier molecular flexibility index (Phi) is 4.64. The fraction of sp³-hybridized carbons (Fsp3) is 0.0952. The lowest BCUT2D eigenvalue weighted by atomic mass is 10.2. The van der Waals surface area contributed by atoms with Crippen molar-refractivity contribution in [3.05, 3.63) is 71.1 Å². The van der Waals surface area contributed by atoms with E-state index in [9.17, 15) is 4.79 Å². The minimum absolute atomic E-state index is 0.252. The Labute approximate surface area is 175 Å². The second-order valence-electron chi connectivity index (χ2n) is 6.50. The first-order valence-corrected chi connectivity index (χ1v) is 10.3. The third-order valence-electron chi connectivity index (χ3n) is 4.53. The van der Waals surface area contributed by atoms with E-state index in [1.165, 1.54) is 18.0 Å². The van der Waals surface area contributed by atoms with Crippen LogP contribution >= 0.6 is 11.8 Å². The molecule has 2 aromatic carbocycles. The average molecular weight is 415 g/mol. The van der Waals surface area contributed by atoms with Crippen molar-refractivity contribution in [1.29, 1.82) is 0 Å². The average Bonchev–Trinajstić information content (AvgIpc) is 3.19. The number of H-pyrrole nitrogens is 1. The zero-order chi connectivity index (χ0) is 20.5. The van der Waals surface area contributed by atoms with Crippen LogP contribution in [0.4, 0.5) is 5.82 Å². The van der Waals surface area contributed by atoms with E-state index in [-0.39, 0.29) is 5.56 Å². The van der Waals surface area contributed by atoms with Gasteiger partial charge in [-0.05, 0) is 43.0 Å². The first-order chi connectivity index (χ1) is 14.7. The Bertz CT molecular complexity index is 1410. The summed E-state index contributed by atoms with van der Waals surface area (Å²) in [5.41, 5.74) is 1.89. The van der Waals surface area contributed by atoms with Crippen LogP contribution in [0.25, 0.3) is 27.6 Å². The molecule has 3 aromatic heterocycles. The molecule has 5 aromatic rings. The van der Waals surface area contributed by atoms with Gasteiger partial charge < -0.3 is 10.3 Å². The highest BCUT2D eigenvalue weighted by molar-refractivity contribution is 7.99. The second kappa shape index (κ2) is 7.60. The Hall–Kier alpha value is -3.72. The van der Waals surface area contributed by atoms with E-state index in [0.717, 1.165) is 29.0 Å². The van der Waals surface area contributed by atoms with Gasteiger partial charge in [0.1, 0.15) is 11.2 Å². The largest absolute Gasteiger partial charge is 0.370 e. The first-order valence-electron chi connectivity index (χ1n) is 9.45. The number of anilines is 1. The van der Waals surface area contributed by atoms with Crippen molar-refractivity contribution < 1.29 is 0 Å². The van der Waals surface area contributed by atoms with Gasteiger partial charge in [0, 0.05) is 11.9 Å². The van der Waals surface area contributed by atoms with Crippen molar-refractivity contribution in [3.8, 4) is 5.69 Å². The molecule has 0 amide bonds. The molecular formula is C21H17N7OS. The molecule has 0 aliphatic heterocycles. The van der Waals surface area contributed by atoms with Gasteiger partial charge in [-0.1, -0.05) is 30.3 Å². The summed E-state index contributed by atoms with van der Waals surface area (Å²) in [7, 11) is 0. The third kappa shape index (κ3) is 3.29. The minimum Gasteiger partial charge on any atom is -0.370 e. The molecule has 0 saturated carbocycles. The second-order valence-corrected chi connectivity index (χ2v) is 7.46. The summed E-state index contributed by atoms with van der Waals surface area (Å²) in [5, 5.41) is 9.89. The number of hydrogen-bond donors (Lipinski definition) is 2. The maximum absolute atomic E-state index is 12.6. The number of para-hydroxylation sites is 2.